The summed E-state index contributed by atoms with van der Waals surface area (Å²) in [5.74, 6) is 1.77. The van der Waals surface area contributed by atoms with Gasteiger partial charge in [0, 0.05) is 38.4 Å². The fourth-order valence-electron chi connectivity index (χ4n) is 3.15. The van der Waals surface area contributed by atoms with Gasteiger partial charge in [0.15, 0.2) is 5.82 Å². The van der Waals surface area contributed by atoms with Crippen molar-refractivity contribution in [3.63, 3.8) is 0 Å². The zero-order valence-electron chi connectivity index (χ0n) is 12.2. The van der Waals surface area contributed by atoms with Crippen LogP contribution in [-0.4, -0.2) is 46.0 Å². The third-order valence-electron chi connectivity index (χ3n) is 4.30. The summed E-state index contributed by atoms with van der Waals surface area (Å²) in [6.07, 6.45) is 3.18. The van der Waals surface area contributed by atoms with Crippen molar-refractivity contribution < 1.29 is 14.1 Å². The summed E-state index contributed by atoms with van der Waals surface area (Å²) in [7, 11) is 0. The van der Waals surface area contributed by atoms with Crippen molar-refractivity contribution in [2.45, 2.75) is 45.1 Å². The monoisotopic (exact) mass is 292 g/mol. The van der Waals surface area contributed by atoms with Crippen LogP contribution < -0.4 is 5.32 Å². The van der Waals surface area contributed by atoms with Crippen LogP contribution in [0, 0.1) is 12.8 Å². The molecule has 2 unspecified atom stereocenters. The molecule has 0 aliphatic carbocycles. The van der Waals surface area contributed by atoms with Crippen LogP contribution in [0.1, 0.15) is 37.4 Å². The first-order valence-corrected chi connectivity index (χ1v) is 7.48. The Morgan fingerprint density at radius 1 is 1.48 bits per heavy atom. The maximum absolute atomic E-state index is 12.3. The molecule has 0 bridgehead atoms. The van der Waals surface area contributed by atoms with Crippen LogP contribution in [0.15, 0.2) is 4.52 Å². The summed E-state index contributed by atoms with van der Waals surface area (Å²) in [5.41, 5.74) is 0. The number of piperidine rings is 2. The first-order valence-electron chi connectivity index (χ1n) is 7.48. The lowest BCUT2D eigenvalue weighted by molar-refractivity contribution is -0.134. The summed E-state index contributed by atoms with van der Waals surface area (Å²) in [6, 6.07) is 0.244. The van der Waals surface area contributed by atoms with Gasteiger partial charge in [0.05, 0.1) is 0 Å². The molecule has 0 radical (unpaired) electrons. The molecule has 2 amide bonds. The SMILES string of the molecule is Cc1noc(CCC(=O)N2CCC3NC(=O)CCC3C2)n1. The molecular weight excluding hydrogens is 272 g/mol. The number of carbonyl (C=O) groups excluding carboxylic acids is 2. The topological polar surface area (TPSA) is 88.3 Å². The van der Waals surface area contributed by atoms with Gasteiger partial charge < -0.3 is 14.7 Å². The highest BCUT2D eigenvalue weighted by molar-refractivity contribution is 5.78. The molecule has 1 aromatic rings. The minimum Gasteiger partial charge on any atom is -0.353 e. The fourth-order valence-corrected chi connectivity index (χ4v) is 3.15. The van der Waals surface area contributed by atoms with E-state index >= 15 is 0 Å². The van der Waals surface area contributed by atoms with Crippen LogP contribution in [-0.2, 0) is 16.0 Å². The molecule has 1 aromatic heterocycles. The Bertz CT molecular complexity index is 542. The van der Waals surface area contributed by atoms with Crippen molar-refractivity contribution in [1.29, 1.82) is 0 Å². The Morgan fingerprint density at radius 3 is 3.10 bits per heavy atom. The number of rotatable bonds is 3. The van der Waals surface area contributed by atoms with Crippen molar-refractivity contribution >= 4 is 11.8 Å². The Balaban J connectivity index is 1.50. The molecule has 2 aliphatic heterocycles. The van der Waals surface area contributed by atoms with E-state index in [-0.39, 0.29) is 17.9 Å². The molecular formula is C14H20N4O3. The number of likely N-dealkylation sites (tertiary alicyclic amines) is 1. The second-order valence-electron chi connectivity index (χ2n) is 5.84. The molecule has 2 saturated heterocycles. The maximum atomic E-state index is 12.3. The summed E-state index contributed by atoms with van der Waals surface area (Å²) in [5, 5.41) is 6.75. The predicted molar refractivity (Wildman–Crippen MR) is 73.2 cm³/mol. The minimum atomic E-state index is 0.126. The summed E-state index contributed by atoms with van der Waals surface area (Å²) in [6.45, 7) is 3.22. The number of aromatic nitrogens is 2. The van der Waals surface area contributed by atoms with E-state index in [9.17, 15) is 9.59 Å². The van der Waals surface area contributed by atoms with Gasteiger partial charge in [0.1, 0.15) is 0 Å². The molecule has 3 rings (SSSR count). The molecule has 2 fully saturated rings. The summed E-state index contributed by atoms with van der Waals surface area (Å²) < 4.78 is 5.02. The number of aryl methyl sites for hydroxylation is 2. The molecule has 7 nitrogen and oxygen atoms in total. The van der Waals surface area contributed by atoms with Gasteiger partial charge >= 0.3 is 0 Å². The van der Waals surface area contributed by atoms with Gasteiger partial charge in [0.25, 0.3) is 0 Å². The lowest BCUT2D eigenvalue weighted by Crippen LogP contribution is -2.55. The Morgan fingerprint density at radius 2 is 2.33 bits per heavy atom. The van der Waals surface area contributed by atoms with Crippen molar-refractivity contribution in [3.05, 3.63) is 11.7 Å². The van der Waals surface area contributed by atoms with Gasteiger partial charge in [-0.25, -0.2) is 0 Å². The van der Waals surface area contributed by atoms with Gasteiger partial charge in [-0.2, -0.15) is 4.98 Å². The average Bonchev–Trinajstić information content (AvgIpc) is 2.90. The molecule has 21 heavy (non-hydrogen) atoms. The van der Waals surface area contributed by atoms with Crippen molar-refractivity contribution in [3.8, 4) is 0 Å². The van der Waals surface area contributed by atoms with E-state index in [1.807, 2.05) is 4.90 Å². The van der Waals surface area contributed by atoms with Crippen molar-refractivity contribution in [2.75, 3.05) is 13.1 Å². The molecule has 0 saturated carbocycles. The van der Waals surface area contributed by atoms with E-state index in [0.29, 0.717) is 43.4 Å². The molecule has 3 heterocycles. The normalized spacial score (nSPS) is 25.4. The van der Waals surface area contributed by atoms with Crippen LogP contribution in [0.3, 0.4) is 0 Å². The highest BCUT2D eigenvalue weighted by Crippen LogP contribution is 2.25. The summed E-state index contributed by atoms with van der Waals surface area (Å²) in [4.78, 5) is 29.7. The standard InChI is InChI=1S/C14H20N4O3/c1-9-15-13(21-17-9)4-5-14(20)18-7-6-11-10(8-18)2-3-12(19)16-11/h10-11H,2-8H2,1H3,(H,16,19). The van der Waals surface area contributed by atoms with E-state index in [1.165, 1.54) is 0 Å². The highest BCUT2D eigenvalue weighted by atomic mass is 16.5. The second-order valence-corrected chi connectivity index (χ2v) is 5.84. The van der Waals surface area contributed by atoms with Crippen LogP contribution in [0.2, 0.25) is 0 Å². The number of nitrogens with one attached hydrogen (secondary N) is 1. The first-order chi connectivity index (χ1) is 10.1. The van der Waals surface area contributed by atoms with Gasteiger partial charge in [0.2, 0.25) is 17.7 Å². The van der Waals surface area contributed by atoms with Crippen molar-refractivity contribution in [2.24, 2.45) is 5.92 Å². The third-order valence-corrected chi connectivity index (χ3v) is 4.30. The zero-order valence-corrected chi connectivity index (χ0v) is 12.2. The van der Waals surface area contributed by atoms with E-state index < -0.39 is 0 Å². The van der Waals surface area contributed by atoms with Gasteiger partial charge in [-0.05, 0) is 25.7 Å². The van der Waals surface area contributed by atoms with Gasteiger partial charge in [-0.3, -0.25) is 9.59 Å². The minimum absolute atomic E-state index is 0.126. The van der Waals surface area contributed by atoms with E-state index in [1.54, 1.807) is 6.92 Å². The number of hydrogen-bond donors (Lipinski definition) is 1. The number of carbonyl (C=O) groups is 2. The third kappa shape index (κ3) is 3.22. The smallest absolute Gasteiger partial charge is 0.227 e. The molecule has 0 spiro atoms. The molecule has 114 valence electrons. The van der Waals surface area contributed by atoms with Crippen LogP contribution in [0.5, 0.6) is 0 Å². The van der Waals surface area contributed by atoms with Gasteiger partial charge in [-0.1, -0.05) is 5.16 Å². The Kier molecular flexibility index (Phi) is 3.90. The lowest BCUT2D eigenvalue weighted by atomic mass is 9.85. The maximum Gasteiger partial charge on any atom is 0.227 e. The second kappa shape index (κ2) is 5.83. The van der Waals surface area contributed by atoms with E-state index in [2.05, 4.69) is 15.5 Å². The quantitative estimate of drug-likeness (QED) is 0.873. The summed E-state index contributed by atoms with van der Waals surface area (Å²) >= 11 is 0. The number of hydrogen-bond acceptors (Lipinski definition) is 5. The first kappa shape index (κ1) is 14.0. The van der Waals surface area contributed by atoms with E-state index in [4.69, 9.17) is 4.52 Å². The van der Waals surface area contributed by atoms with Crippen LogP contribution >= 0.6 is 0 Å². The van der Waals surface area contributed by atoms with Crippen molar-refractivity contribution in [1.82, 2.24) is 20.4 Å². The Hall–Kier alpha value is -1.92. The predicted octanol–water partition coefficient (Wildman–Crippen LogP) is 0.438. The highest BCUT2D eigenvalue weighted by Gasteiger charge is 2.35. The molecule has 0 aromatic carbocycles. The molecule has 2 atom stereocenters. The fraction of sp³-hybridized carbons (Fsp3) is 0.714. The lowest BCUT2D eigenvalue weighted by Gasteiger charge is -2.41. The van der Waals surface area contributed by atoms with E-state index in [0.717, 1.165) is 19.4 Å². The van der Waals surface area contributed by atoms with Crippen LogP contribution in [0.25, 0.3) is 0 Å². The number of nitrogens with zero attached hydrogens (tertiary/aromatic N) is 3. The van der Waals surface area contributed by atoms with Crippen LogP contribution in [0.4, 0.5) is 0 Å². The Labute approximate surface area is 123 Å². The zero-order chi connectivity index (χ0) is 14.8. The number of fused-ring (bicyclic) bond motifs is 1. The largest absolute Gasteiger partial charge is 0.353 e. The number of amides is 2. The molecule has 1 N–H and O–H groups in total. The molecule has 7 heteroatoms. The van der Waals surface area contributed by atoms with Gasteiger partial charge in [-0.15, -0.1) is 0 Å². The molecule has 2 aliphatic rings. The average molecular weight is 292 g/mol.